The second kappa shape index (κ2) is 17.1. The molecule has 4 nitrogen and oxygen atoms in total. The van der Waals surface area contributed by atoms with E-state index in [-0.39, 0.29) is 0 Å². The summed E-state index contributed by atoms with van der Waals surface area (Å²) >= 11 is 0. The van der Waals surface area contributed by atoms with Gasteiger partial charge < -0.3 is 19.4 Å². The van der Waals surface area contributed by atoms with Crippen LogP contribution in [0.2, 0.25) is 26.2 Å². The Bertz CT molecular complexity index is 1100. The number of nitrogens with zero attached hydrogens (tertiary/aromatic N) is 2. The Morgan fingerprint density at radius 3 is 1.16 bits per heavy atom. The molecule has 0 heterocycles. The number of rotatable bonds is 9. The smallest absolute Gasteiger partial charge is 0.392 e. The first-order chi connectivity index (χ1) is 19.1. The van der Waals surface area contributed by atoms with Gasteiger partial charge in [-0.2, -0.15) is 26.3 Å². The van der Waals surface area contributed by atoms with Gasteiger partial charge in [-0.05, 0) is 14.1 Å². The Balaban J connectivity index is -0.000000565. The number of benzene rings is 2. The summed E-state index contributed by atoms with van der Waals surface area (Å²) in [5.74, 6) is -4.70. The Morgan fingerprint density at radius 2 is 0.955 bits per heavy atom. The van der Waals surface area contributed by atoms with Crippen LogP contribution in [0, 0.1) is 11.8 Å². The molecule has 2 atom stereocenters. The summed E-state index contributed by atoms with van der Waals surface area (Å²) in [6, 6.07) is 16.0. The Morgan fingerprint density at radius 1 is 0.682 bits per heavy atom. The monoisotopic (exact) mass is 1160 g/mol. The third-order valence-corrected chi connectivity index (χ3v) is 12.7. The van der Waals surface area contributed by atoms with Gasteiger partial charge in [0.1, 0.15) is 16.1 Å². The van der Waals surface area contributed by atoms with Crippen LogP contribution >= 0.6 is 0 Å². The minimum atomic E-state index is -4.78. The number of alkyl halides is 6. The summed E-state index contributed by atoms with van der Waals surface area (Å²) in [5, 5.41) is 2.55. The zero-order valence-electron chi connectivity index (χ0n) is 26.7. The normalized spacial score (nSPS) is 12.6. The molecule has 2 rings (SSSR count). The van der Waals surface area contributed by atoms with Crippen molar-refractivity contribution in [2.24, 2.45) is 11.8 Å². The fraction of sp³-hybridized carbons (Fsp3) is 0.400. The van der Waals surface area contributed by atoms with Gasteiger partial charge in [-0.1, -0.05) is 86.1 Å². The van der Waals surface area contributed by atoms with E-state index < -0.39 is 40.3 Å². The van der Waals surface area contributed by atoms with Gasteiger partial charge in [0.2, 0.25) is 0 Å². The van der Waals surface area contributed by atoms with Crippen molar-refractivity contribution in [1.82, 2.24) is 0 Å². The van der Waals surface area contributed by atoms with Gasteiger partial charge in [-0.25, -0.2) is 0 Å². The molecule has 0 aromatic heterocycles. The van der Waals surface area contributed by atoms with Crippen molar-refractivity contribution in [3.8, 4) is 0 Å². The first kappa shape index (κ1) is 43.3. The third kappa shape index (κ3) is 12.8. The first-order valence-corrected chi connectivity index (χ1v) is 19.1. The zero-order chi connectivity index (χ0) is 33.1. The molecular weight excluding hydrogens is 1120 g/mol. The molecule has 0 saturated carbocycles. The van der Waals surface area contributed by atoms with Gasteiger partial charge in [-0.15, -0.1) is 48.8 Å². The summed E-state index contributed by atoms with van der Waals surface area (Å²) in [5.41, 5.74) is 5.84. The Kier molecular flexibility index (Phi) is 16.8. The maximum atomic E-state index is 11.7. The number of amides is 2. The van der Waals surface area contributed by atoms with E-state index in [0.717, 1.165) is 11.4 Å². The van der Waals surface area contributed by atoms with Crippen molar-refractivity contribution >= 4 is 50.7 Å². The first-order valence-electron chi connectivity index (χ1n) is 12.9. The van der Waals surface area contributed by atoms with Crippen LogP contribution in [0.25, 0.3) is 0 Å². The van der Waals surface area contributed by atoms with Crippen LogP contribution in [0.4, 0.5) is 37.7 Å². The van der Waals surface area contributed by atoms with Gasteiger partial charge in [0.15, 0.2) is 0 Å². The molecule has 0 saturated heterocycles. The molecule has 2 aromatic carbocycles. The maximum Gasteiger partial charge on any atom is 0.392 e. The molecule has 0 radical (unpaired) electrons. The molecule has 44 heavy (non-hydrogen) atoms. The van der Waals surface area contributed by atoms with Crippen LogP contribution < -0.4 is 20.2 Å². The predicted octanol–water partition coefficient (Wildman–Crippen LogP) is 7.04. The minimum absolute atomic E-state index is 0. The molecule has 0 spiro atoms. The van der Waals surface area contributed by atoms with Gasteiger partial charge in [-0.3, -0.25) is 0 Å². The molecule has 14 heteroatoms. The maximum absolute atomic E-state index is 11.7. The van der Waals surface area contributed by atoms with Crippen molar-refractivity contribution in [2.75, 3.05) is 23.9 Å². The topological polar surface area (TPSA) is 40.6 Å². The van der Waals surface area contributed by atoms with Crippen molar-refractivity contribution in [2.45, 2.75) is 52.4 Å². The fourth-order valence-corrected chi connectivity index (χ4v) is 5.70. The summed E-state index contributed by atoms with van der Waals surface area (Å²) < 4.78 is 70.4. The van der Waals surface area contributed by atoms with E-state index in [1.54, 1.807) is 14.1 Å². The van der Waals surface area contributed by atoms with Gasteiger partial charge in [0.25, 0.3) is 0 Å². The molecule has 238 valence electrons. The van der Waals surface area contributed by atoms with Gasteiger partial charge in [0.05, 0.1) is 24.7 Å². The predicted molar refractivity (Wildman–Crippen MR) is 166 cm³/mol. The minimum Gasteiger partial charge on any atom is -0.479 e. The third-order valence-electron chi connectivity index (χ3n) is 7.03. The SMILES string of the molecule is C=C[Si](C)(C)c1cccc(N(C)[C-]=O)c1.C=C[Si](C)(C)c1cccc(N(C)[C-]=O)c1.CC(C(C)C(F)(F)F)C(F)(F)F.[Rf].[Rf]. The van der Waals surface area contributed by atoms with E-state index in [0.29, 0.717) is 13.8 Å². The standard InChI is InChI=1S/2C12H16NOSi.C6H8F6.2Rf/c2*1-5-15(3,4)12-8-6-7-11(9-12)13(2)10-14;1-3(5(7,8)9)4(2)6(10,11)12;;/h2*5-9H,1H2,2-4H3;3-4H,1-2H3;;/q2*-1;;;. The number of hydrogen-bond acceptors (Lipinski definition) is 2. The van der Waals surface area contributed by atoms with E-state index in [9.17, 15) is 35.9 Å². The zero-order valence-corrected chi connectivity index (χ0v) is 41.5. The van der Waals surface area contributed by atoms with Crippen LogP contribution in [0.3, 0.4) is 0 Å². The van der Waals surface area contributed by atoms with E-state index in [1.807, 2.05) is 60.6 Å². The number of carbonyl (C=O) groups excluding carboxylic acids is 2. The largest absolute Gasteiger partial charge is 0.479 e. The molecule has 0 N–H and O–H groups in total. The second-order valence-electron chi connectivity index (χ2n) is 10.9. The molecule has 0 aliphatic carbocycles. The van der Waals surface area contributed by atoms with E-state index in [4.69, 9.17) is 0 Å². The molecule has 0 aliphatic heterocycles. The summed E-state index contributed by atoms with van der Waals surface area (Å²) in [6.45, 7) is 17.7. The number of hydrogen-bond donors (Lipinski definition) is 0. The van der Waals surface area contributed by atoms with Crippen LogP contribution in [0.1, 0.15) is 13.8 Å². The van der Waals surface area contributed by atoms with Crippen LogP contribution in [0.15, 0.2) is 73.1 Å². The van der Waals surface area contributed by atoms with E-state index >= 15 is 0 Å². The van der Waals surface area contributed by atoms with Crippen LogP contribution in [0.5, 0.6) is 0 Å². The van der Waals surface area contributed by atoms with Crippen LogP contribution in [-0.2, 0) is 9.59 Å². The van der Waals surface area contributed by atoms with E-state index in [1.165, 1.54) is 20.2 Å². The summed E-state index contributed by atoms with van der Waals surface area (Å²) in [6.07, 6.45) is -5.86. The average Bonchev–Trinajstić information content (AvgIpc) is 2.95. The molecule has 2 aromatic rings. The van der Waals surface area contributed by atoms with Crippen molar-refractivity contribution in [3.05, 3.63) is 73.1 Å². The molecule has 0 aliphatic rings. The van der Waals surface area contributed by atoms with Crippen molar-refractivity contribution < 1.29 is 35.9 Å². The van der Waals surface area contributed by atoms with Crippen molar-refractivity contribution in [3.63, 3.8) is 0 Å². The molecular formula is C30H40F6N2O2Rf2Si2-2. The summed E-state index contributed by atoms with van der Waals surface area (Å²) in [4.78, 5) is 24.0. The van der Waals surface area contributed by atoms with Gasteiger partial charge in [0, 0.05) is 0 Å². The molecule has 2 unspecified atom stereocenters. The van der Waals surface area contributed by atoms with E-state index in [2.05, 4.69) is 51.5 Å². The Hall–Kier alpha value is -5.13. The van der Waals surface area contributed by atoms with Crippen molar-refractivity contribution in [1.29, 1.82) is 0 Å². The quantitative estimate of drug-likeness (QED) is 0.117. The number of anilines is 2. The molecule has 0 bridgehead atoms. The van der Waals surface area contributed by atoms with Gasteiger partial charge >= 0.3 is 12.4 Å². The molecule has 2 amide bonds. The molecule has 0 fully saturated rings. The fourth-order valence-electron chi connectivity index (χ4n) is 3.14. The Labute approximate surface area is 247 Å². The van der Waals surface area contributed by atoms with Crippen LogP contribution in [-0.4, -0.2) is 55.4 Å². The summed E-state index contributed by atoms with van der Waals surface area (Å²) in [7, 11) is 0.334. The average molecular weight is 1160 g/mol. The second-order valence-corrected chi connectivity index (χ2v) is 19.8. The number of halogens is 6.